The third kappa shape index (κ3) is 3.13. The van der Waals surface area contributed by atoms with Crippen molar-refractivity contribution in [1.29, 1.82) is 0 Å². The summed E-state index contributed by atoms with van der Waals surface area (Å²) in [5.41, 5.74) is 1.87. The molecular formula is C11H14BrNO3. The molecule has 0 aliphatic heterocycles. The molecule has 0 atom stereocenters. The average molecular weight is 288 g/mol. The normalized spacial score (nSPS) is 9.75. The molecule has 0 bridgehead atoms. The van der Waals surface area contributed by atoms with Gasteiger partial charge >= 0.3 is 0 Å². The molecule has 1 aromatic carbocycles. The maximum absolute atomic E-state index is 10.8. The Labute approximate surface area is 103 Å². The number of carbonyl (C=O) groups is 1. The minimum absolute atomic E-state index is 0.255. The second-order valence-electron chi connectivity index (χ2n) is 3.26. The Bertz CT molecular complexity index is 393. The number of methoxy groups -OCH3 is 2. The molecule has 0 aromatic heterocycles. The van der Waals surface area contributed by atoms with Gasteiger partial charge in [0.25, 0.3) is 4.82 Å². The number of carbonyl (C=O) groups excluding carboxylic acids is 1. The molecule has 1 aromatic rings. The van der Waals surface area contributed by atoms with Crippen molar-refractivity contribution in [3.8, 4) is 11.5 Å². The Balaban J connectivity index is 2.99. The van der Waals surface area contributed by atoms with Crippen molar-refractivity contribution < 1.29 is 14.3 Å². The number of halogens is 1. The number of hydrogen-bond donors (Lipinski definition) is 1. The first-order valence-electron chi connectivity index (χ1n) is 4.73. The van der Waals surface area contributed by atoms with E-state index in [0.29, 0.717) is 6.54 Å². The van der Waals surface area contributed by atoms with E-state index in [-0.39, 0.29) is 4.82 Å². The Kier molecular flexibility index (Phi) is 4.61. The van der Waals surface area contributed by atoms with Crippen LogP contribution in [0.1, 0.15) is 11.1 Å². The lowest BCUT2D eigenvalue weighted by atomic mass is 10.1. The van der Waals surface area contributed by atoms with Crippen LogP contribution in [-0.2, 0) is 6.54 Å². The zero-order valence-electron chi connectivity index (χ0n) is 9.46. The van der Waals surface area contributed by atoms with Gasteiger partial charge in [-0.2, -0.15) is 0 Å². The summed E-state index contributed by atoms with van der Waals surface area (Å²) in [6.45, 7) is 2.33. The lowest BCUT2D eigenvalue weighted by Crippen LogP contribution is -2.15. The highest BCUT2D eigenvalue weighted by molar-refractivity contribution is 9.18. The van der Waals surface area contributed by atoms with Crippen molar-refractivity contribution in [2.75, 3.05) is 14.2 Å². The summed E-state index contributed by atoms with van der Waals surface area (Å²) >= 11 is 2.81. The molecule has 1 N–H and O–H groups in total. The number of hydrogen-bond acceptors (Lipinski definition) is 3. The third-order valence-electron chi connectivity index (χ3n) is 2.22. The van der Waals surface area contributed by atoms with Gasteiger partial charge in [-0.05, 0) is 24.6 Å². The number of nitrogens with one attached hydrogen (secondary N) is 1. The van der Waals surface area contributed by atoms with Crippen molar-refractivity contribution in [3.63, 3.8) is 0 Å². The Morgan fingerprint density at radius 1 is 1.31 bits per heavy atom. The molecule has 0 saturated heterocycles. The third-order valence-corrected chi connectivity index (χ3v) is 2.50. The fourth-order valence-corrected chi connectivity index (χ4v) is 1.56. The van der Waals surface area contributed by atoms with E-state index in [1.165, 1.54) is 0 Å². The maximum atomic E-state index is 10.8. The SMILES string of the molecule is COc1cc(CNC(=O)Br)c(OC)cc1C. The molecular weight excluding hydrogens is 274 g/mol. The molecule has 16 heavy (non-hydrogen) atoms. The molecule has 1 amide bonds. The molecule has 4 nitrogen and oxygen atoms in total. The van der Waals surface area contributed by atoms with E-state index >= 15 is 0 Å². The highest BCUT2D eigenvalue weighted by atomic mass is 79.9. The van der Waals surface area contributed by atoms with E-state index in [9.17, 15) is 4.79 Å². The lowest BCUT2D eigenvalue weighted by molar-refractivity contribution is 0.261. The van der Waals surface area contributed by atoms with Gasteiger partial charge in [-0.15, -0.1) is 0 Å². The van der Waals surface area contributed by atoms with Crippen LogP contribution in [0.15, 0.2) is 12.1 Å². The van der Waals surface area contributed by atoms with Crippen LogP contribution in [0.25, 0.3) is 0 Å². The standard InChI is InChI=1S/C11H14BrNO3/c1-7-4-10(16-3)8(5-9(7)15-2)6-13-11(12)14/h4-5H,6H2,1-3H3,(H,13,14). The van der Waals surface area contributed by atoms with Gasteiger partial charge in [0.2, 0.25) is 0 Å². The molecule has 0 aliphatic carbocycles. The highest BCUT2D eigenvalue weighted by Gasteiger charge is 2.08. The van der Waals surface area contributed by atoms with Crippen LogP contribution in [0.5, 0.6) is 11.5 Å². The quantitative estimate of drug-likeness (QED) is 0.684. The fourth-order valence-electron chi connectivity index (χ4n) is 1.42. The topological polar surface area (TPSA) is 47.6 Å². The minimum Gasteiger partial charge on any atom is -0.496 e. The monoisotopic (exact) mass is 287 g/mol. The first-order chi connectivity index (χ1) is 7.58. The van der Waals surface area contributed by atoms with Gasteiger partial charge < -0.3 is 14.8 Å². The van der Waals surface area contributed by atoms with Gasteiger partial charge in [-0.1, -0.05) is 0 Å². The zero-order valence-corrected chi connectivity index (χ0v) is 11.1. The number of rotatable bonds is 4. The first-order valence-corrected chi connectivity index (χ1v) is 5.52. The number of ether oxygens (including phenoxy) is 2. The number of amides is 1. The molecule has 5 heteroatoms. The molecule has 0 unspecified atom stereocenters. The van der Waals surface area contributed by atoms with Gasteiger partial charge in [-0.3, -0.25) is 4.79 Å². The summed E-state index contributed by atoms with van der Waals surface area (Å²) < 4.78 is 10.4. The van der Waals surface area contributed by atoms with E-state index in [2.05, 4.69) is 21.2 Å². The predicted molar refractivity (Wildman–Crippen MR) is 65.4 cm³/mol. The Hall–Kier alpha value is -1.23. The summed E-state index contributed by atoms with van der Waals surface area (Å²) in [6, 6.07) is 3.74. The van der Waals surface area contributed by atoms with Crippen LogP contribution in [0.3, 0.4) is 0 Å². The van der Waals surface area contributed by atoms with Crippen molar-refractivity contribution >= 4 is 20.7 Å². The summed E-state index contributed by atoms with van der Waals surface area (Å²) in [5, 5.41) is 2.65. The van der Waals surface area contributed by atoms with E-state index in [4.69, 9.17) is 9.47 Å². The second kappa shape index (κ2) is 5.75. The zero-order chi connectivity index (χ0) is 12.1. The molecule has 0 fully saturated rings. The summed E-state index contributed by atoms with van der Waals surface area (Å²) in [7, 11) is 3.21. The predicted octanol–water partition coefficient (Wildman–Crippen LogP) is 2.62. The molecule has 0 aliphatic rings. The van der Waals surface area contributed by atoms with Crippen LogP contribution in [-0.4, -0.2) is 19.0 Å². The van der Waals surface area contributed by atoms with Gasteiger partial charge in [0, 0.05) is 28.0 Å². The van der Waals surface area contributed by atoms with Crippen LogP contribution in [0, 0.1) is 6.92 Å². The van der Waals surface area contributed by atoms with Crippen LogP contribution >= 0.6 is 15.9 Å². The average Bonchev–Trinajstić information content (AvgIpc) is 2.26. The van der Waals surface area contributed by atoms with Crippen molar-refractivity contribution in [2.24, 2.45) is 0 Å². The van der Waals surface area contributed by atoms with Crippen LogP contribution < -0.4 is 14.8 Å². The minimum atomic E-state index is -0.255. The summed E-state index contributed by atoms with van der Waals surface area (Å²) in [6.07, 6.45) is 0. The van der Waals surface area contributed by atoms with Crippen LogP contribution in [0.4, 0.5) is 4.79 Å². The Morgan fingerprint density at radius 2 is 1.94 bits per heavy atom. The van der Waals surface area contributed by atoms with Crippen molar-refractivity contribution in [1.82, 2.24) is 5.32 Å². The van der Waals surface area contributed by atoms with Gasteiger partial charge in [0.05, 0.1) is 14.2 Å². The summed E-state index contributed by atoms with van der Waals surface area (Å²) in [5.74, 6) is 1.51. The van der Waals surface area contributed by atoms with Gasteiger partial charge in [-0.25, -0.2) is 0 Å². The smallest absolute Gasteiger partial charge is 0.287 e. The first kappa shape index (κ1) is 12.8. The second-order valence-corrected chi connectivity index (χ2v) is 3.98. The largest absolute Gasteiger partial charge is 0.496 e. The van der Waals surface area contributed by atoms with E-state index < -0.39 is 0 Å². The Morgan fingerprint density at radius 3 is 2.44 bits per heavy atom. The van der Waals surface area contributed by atoms with E-state index in [1.807, 2.05) is 19.1 Å². The number of benzene rings is 1. The lowest BCUT2D eigenvalue weighted by Gasteiger charge is -2.12. The molecule has 88 valence electrons. The molecule has 1 rings (SSSR count). The van der Waals surface area contributed by atoms with Gasteiger partial charge in [0.1, 0.15) is 11.5 Å². The van der Waals surface area contributed by atoms with E-state index in [0.717, 1.165) is 22.6 Å². The van der Waals surface area contributed by atoms with Gasteiger partial charge in [0.15, 0.2) is 0 Å². The van der Waals surface area contributed by atoms with E-state index in [1.54, 1.807) is 14.2 Å². The highest BCUT2D eigenvalue weighted by Crippen LogP contribution is 2.28. The van der Waals surface area contributed by atoms with Crippen molar-refractivity contribution in [3.05, 3.63) is 23.3 Å². The summed E-state index contributed by atoms with van der Waals surface area (Å²) in [4.78, 5) is 10.5. The number of aryl methyl sites for hydroxylation is 1. The van der Waals surface area contributed by atoms with Crippen LogP contribution in [0.2, 0.25) is 0 Å². The molecule has 0 spiro atoms. The molecule has 0 saturated carbocycles. The maximum Gasteiger partial charge on any atom is 0.287 e. The molecule has 0 radical (unpaired) electrons. The van der Waals surface area contributed by atoms with Crippen molar-refractivity contribution in [2.45, 2.75) is 13.5 Å². The fraction of sp³-hybridized carbons (Fsp3) is 0.364. The molecule has 0 heterocycles.